The summed E-state index contributed by atoms with van der Waals surface area (Å²) in [7, 11) is 0. The Morgan fingerprint density at radius 3 is 1.84 bits per heavy atom. The largest absolute Gasteiger partial charge is 0.354 e. The molecule has 8 aromatic carbocycles. The van der Waals surface area contributed by atoms with E-state index in [1.807, 2.05) is 54.6 Å². The molecule has 0 fully saturated rings. The Morgan fingerprint density at radius 2 is 1.05 bits per heavy atom. The van der Waals surface area contributed by atoms with Crippen molar-refractivity contribution in [2.75, 3.05) is 0 Å². The second kappa shape index (κ2) is 15.6. The molecule has 2 aromatic heterocycles. The highest BCUT2D eigenvalue weighted by atomic mass is 15.0. The molecule has 0 atom stereocenters. The predicted octanol–water partition coefficient (Wildman–Crippen LogP) is 13.6. The normalized spacial score (nSPS) is 13.0. The molecular weight excluding hydrogens is 755 g/mol. The van der Waals surface area contributed by atoms with Crippen LogP contribution >= 0.6 is 0 Å². The maximum absolute atomic E-state index is 9.61. The molecule has 0 saturated carbocycles. The lowest BCUT2D eigenvalue weighted by atomic mass is 9.88. The lowest BCUT2D eigenvalue weighted by molar-refractivity contribution is 1.17. The molecule has 0 saturated heterocycles. The van der Waals surface area contributed by atoms with E-state index in [1.54, 1.807) is 0 Å². The van der Waals surface area contributed by atoms with Crippen molar-refractivity contribution >= 4 is 50.6 Å². The van der Waals surface area contributed by atoms with Crippen molar-refractivity contribution in [2.24, 2.45) is 0 Å². The van der Waals surface area contributed by atoms with E-state index >= 15 is 0 Å². The van der Waals surface area contributed by atoms with E-state index in [9.17, 15) is 5.41 Å². The topological polar surface area (TPSA) is 66.6 Å². The summed E-state index contributed by atoms with van der Waals surface area (Å²) in [4.78, 5) is 10.7. The number of aromatic nitrogens is 3. The Bertz CT molecular complexity index is 3370. The van der Waals surface area contributed by atoms with Crippen LogP contribution < -0.4 is 5.32 Å². The van der Waals surface area contributed by atoms with E-state index in [1.165, 1.54) is 5.39 Å². The maximum atomic E-state index is 9.61. The molecule has 0 bridgehead atoms. The van der Waals surface area contributed by atoms with E-state index in [4.69, 9.17) is 9.97 Å². The van der Waals surface area contributed by atoms with Gasteiger partial charge in [0.25, 0.3) is 0 Å². The van der Waals surface area contributed by atoms with E-state index in [-0.39, 0.29) is 0 Å². The number of nitrogens with zero attached hydrogens (tertiary/aromatic N) is 3. The first-order valence-corrected chi connectivity index (χ1v) is 20.8. The fraction of sp³-hybridized carbons (Fsp3) is 0. The zero-order valence-electron chi connectivity index (χ0n) is 33.7. The van der Waals surface area contributed by atoms with Crippen molar-refractivity contribution in [3.8, 4) is 39.6 Å². The van der Waals surface area contributed by atoms with Crippen molar-refractivity contribution in [2.45, 2.75) is 0 Å². The van der Waals surface area contributed by atoms with Crippen LogP contribution in [-0.4, -0.2) is 20.2 Å². The van der Waals surface area contributed by atoms with Gasteiger partial charge in [-0.25, -0.2) is 9.97 Å². The first-order valence-electron chi connectivity index (χ1n) is 20.8. The highest BCUT2D eigenvalue weighted by Crippen LogP contribution is 2.40. The van der Waals surface area contributed by atoms with Crippen LogP contribution in [0.2, 0.25) is 0 Å². The summed E-state index contributed by atoms with van der Waals surface area (Å²) in [5, 5.41) is 15.8. The number of nitrogens with one attached hydrogen (secondary N) is 2. The lowest BCUT2D eigenvalue weighted by Crippen LogP contribution is -2.20. The third kappa shape index (κ3) is 6.59. The van der Waals surface area contributed by atoms with Gasteiger partial charge in [-0.3, -0.25) is 5.41 Å². The molecule has 1 aliphatic heterocycles. The summed E-state index contributed by atoms with van der Waals surface area (Å²) in [6.07, 6.45) is 2.20. The number of hydrogen-bond donors (Lipinski definition) is 2. The highest BCUT2D eigenvalue weighted by Gasteiger charge is 2.24. The summed E-state index contributed by atoms with van der Waals surface area (Å²) >= 11 is 0. The van der Waals surface area contributed by atoms with Crippen LogP contribution in [0.5, 0.6) is 0 Å². The molecule has 3 heterocycles. The summed E-state index contributed by atoms with van der Waals surface area (Å²) in [6.45, 7) is 0. The second-order valence-corrected chi connectivity index (χ2v) is 15.4. The molecule has 1 aliphatic rings. The van der Waals surface area contributed by atoms with E-state index in [2.05, 4.69) is 180 Å². The molecular formula is C57H39N5. The molecule has 0 radical (unpaired) electrons. The quantitative estimate of drug-likeness (QED) is 0.151. The van der Waals surface area contributed by atoms with Crippen LogP contribution in [-0.2, 0) is 0 Å². The van der Waals surface area contributed by atoms with Crippen LogP contribution in [0.1, 0.15) is 27.8 Å². The van der Waals surface area contributed by atoms with Crippen LogP contribution in [0.25, 0.3) is 84.4 Å². The smallest absolute Gasteiger partial charge is 0.160 e. The van der Waals surface area contributed by atoms with Crippen molar-refractivity contribution in [3.63, 3.8) is 0 Å². The Morgan fingerprint density at radius 1 is 0.468 bits per heavy atom. The number of hydrogen-bond acceptors (Lipinski definition) is 4. The molecule has 0 spiro atoms. The average Bonchev–Trinajstić information content (AvgIpc) is 3.70. The van der Waals surface area contributed by atoms with Crippen LogP contribution in [0.15, 0.2) is 218 Å². The number of rotatable bonds is 8. The Balaban J connectivity index is 1.08. The van der Waals surface area contributed by atoms with Gasteiger partial charge in [0.15, 0.2) is 5.82 Å². The van der Waals surface area contributed by atoms with Gasteiger partial charge in [0, 0.05) is 55.5 Å². The maximum Gasteiger partial charge on any atom is 0.160 e. The van der Waals surface area contributed by atoms with E-state index < -0.39 is 0 Å². The minimum atomic E-state index is 0.449. The Hall–Kier alpha value is -8.41. The van der Waals surface area contributed by atoms with Gasteiger partial charge in [0.2, 0.25) is 0 Å². The molecule has 62 heavy (non-hydrogen) atoms. The highest BCUT2D eigenvalue weighted by molar-refractivity contribution is 6.36. The number of fused-ring (bicyclic) bond motifs is 4. The van der Waals surface area contributed by atoms with E-state index in [0.29, 0.717) is 11.5 Å². The van der Waals surface area contributed by atoms with Gasteiger partial charge in [-0.15, -0.1) is 0 Å². The first-order chi connectivity index (χ1) is 30.7. The Labute approximate surface area is 360 Å². The van der Waals surface area contributed by atoms with Gasteiger partial charge >= 0.3 is 0 Å². The molecule has 0 unspecified atom stereocenters. The second-order valence-electron chi connectivity index (χ2n) is 15.4. The molecule has 2 N–H and O–H groups in total. The van der Waals surface area contributed by atoms with Crippen molar-refractivity contribution in [1.29, 1.82) is 5.41 Å². The van der Waals surface area contributed by atoms with Gasteiger partial charge < -0.3 is 9.88 Å². The molecule has 5 nitrogen and oxygen atoms in total. The molecule has 5 heteroatoms. The third-order valence-corrected chi connectivity index (χ3v) is 11.6. The fourth-order valence-electron chi connectivity index (χ4n) is 8.75. The van der Waals surface area contributed by atoms with Gasteiger partial charge in [-0.2, -0.15) is 0 Å². The standard InChI is InChI=1S/C57H39N5/c58-55(40-23-9-3-10-24-40)53(39-21-7-2-8-22-39)56-45-30-14-13-25-41(45)36-48(59-56)42-26-17-27-43(35-42)57-60-49(38-19-5-1-6-20-38)37-50(61-57)46-32-18-34-52-54(46)47-31-15-16-33-51(47)62(52)44-28-11-4-12-29-44/h1-37,58-59H/b56-53-,58-55?. The summed E-state index contributed by atoms with van der Waals surface area (Å²) < 4.78 is 2.34. The van der Waals surface area contributed by atoms with Crippen molar-refractivity contribution in [1.82, 2.24) is 19.9 Å². The van der Waals surface area contributed by atoms with Gasteiger partial charge in [-0.1, -0.05) is 182 Å². The fourth-order valence-corrected chi connectivity index (χ4v) is 8.75. The van der Waals surface area contributed by atoms with E-state index in [0.717, 1.165) is 95.0 Å². The molecule has 11 rings (SSSR count). The zero-order valence-corrected chi connectivity index (χ0v) is 33.7. The summed E-state index contributed by atoms with van der Waals surface area (Å²) in [5.41, 5.74) is 16.0. The Kier molecular flexibility index (Phi) is 9.25. The summed E-state index contributed by atoms with van der Waals surface area (Å²) in [6, 6.07) is 75.2. The molecule has 10 aromatic rings. The predicted molar refractivity (Wildman–Crippen MR) is 257 cm³/mol. The zero-order chi connectivity index (χ0) is 41.4. The number of allylic oxidation sites excluding steroid dienone is 1. The van der Waals surface area contributed by atoms with Gasteiger partial charge in [0.1, 0.15) is 0 Å². The monoisotopic (exact) mass is 793 g/mol. The van der Waals surface area contributed by atoms with Crippen molar-refractivity contribution < 1.29 is 0 Å². The minimum absolute atomic E-state index is 0.449. The van der Waals surface area contributed by atoms with Crippen LogP contribution in [0.4, 0.5) is 0 Å². The number of benzene rings is 8. The first kappa shape index (κ1) is 36.7. The third-order valence-electron chi connectivity index (χ3n) is 11.6. The van der Waals surface area contributed by atoms with Gasteiger partial charge in [0.05, 0.1) is 33.8 Å². The number of para-hydroxylation sites is 2. The molecule has 292 valence electrons. The minimum Gasteiger partial charge on any atom is -0.354 e. The lowest BCUT2D eigenvalue weighted by Gasteiger charge is -2.26. The van der Waals surface area contributed by atoms with Crippen molar-refractivity contribution in [3.05, 3.63) is 246 Å². The van der Waals surface area contributed by atoms with Crippen LogP contribution in [0.3, 0.4) is 0 Å². The van der Waals surface area contributed by atoms with Crippen LogP contribution in [0, 0.1) is 5.41 Å². The summed E-state index contributed by atoms with van der Waals surface area (Å²) in [5.74, 6) is 0.635. The SMILES string of the molecule is N=C(/C(=C1\NC(c2cccc(-c3nc(-c4ccccc4)cc(-c4cccc5c4c4ccccc4n5-c4ccccc4)n3)c2)=Cc2ccccc21)c1ccccc1)c1ccccc1. The average molecular weight is 794 g/mol. The van der Waals surface area contributed by atoms with Gasteiger partial charge in [-0.05, 0) is 59.2 Å². The molecule has 0 aliphatic carbocycles. The molecule has 0 amide bonds.